The summed E-state index contributed by atoms with van der Waals surface area (Å²) in [6.45, 7) is 3.94. The van der Waals surface area contributed by atoms with E-state index in [4.69, 9.17) is 18.0 Å². The molecule has 1 aromatic carbocycles. The van der Waals surface area contributed by atoms with E-state index in [2.05, 4.69) is 0 Å². The summed E-state index contributed by atoms with van der Waals surface area (Å²) in [5.41, 5.74) is 6.30. The number of fused-ring (bicyclic) bond motifs is 1. The highest BCUT2D eigenvalue weighted by Crippen LogP contribution is 2.63. The van der Waals surface area contributed by atoms with Crippen LogP contribution in [0.4, 0.5) is 4.39 Å². The molecule has 3 rings (SSSR count). The highest BCUT2D eigenvalue weighted by molar-refractivity contribution is 7.80. The maximum atomic E-state index is 13.3. The standard InChI is InChI=1S/C15H15FN2O2S/c1-15(2)10-11(15)14(20)18(13(10)19)6-7-3-4-8(16)5-9(7)12(17)21/h3-5,10-11H,6H2,1-2H3,(H2,17,21). The number of carbonyl (C=O) groups is 2. The van der Waals surface area contributed by atoms with Gasteiger partial charge in [0.2, 0.25) is 11.8 Å². The van der Waals surface area contributed by atoms with E-state index in [1.54, 1.807) is 0 Å². The van der Waals surface area contributed by atoms with Crippen LogP contribution in [0.1, 0.15) is 25.0 Å². The molecule has 2 fully saturated rings. The number of hydrogen-bond donors (Lipinski definition) is 1. The van der Waals surface area contributed by atoms with Gasteiger partial charge in [-0.15, -0.1) is 0 Å². The third kappa shape index (κ3) is 1.97. The third-order valence-corrected chi connectivity index (χ3v) is 4.78. The summed E-state index contributed by atoms with van der Waals surface area (Å²) in [6, 6.07) is 4.01. The van der Waals surface area contributed by atoms with Crippen LogP contribution < -0.4 is 5.73 Å². The van der Waals surface area contributed by atoms with Crippen molar-refractivity contribution in [3.05, 3.63) is 35.1 Å². The van der Waals surface area contributed by atoms with Gasteiger partial charge >= 0.3 is 0 Å². The quantitative estimate of drug-likeness (QED) is 0.680. The van der Waals surface area contributed by atoms with Gasteiger partial charge in [-0.2, -0.15) is 0 Å². The molecule has 21 heavy (non-hydrogen) atoms. The van der Waals surface area contributed by atoms with Gasteiger partial charge < -0.3 is 5.73 Å². The van der Waals surface area contributed by atoms with Crippen LogP contribution in [-0.2, 0) is 16.1 Å². The molecular weight excluding hydrogens is 291 g/mol. The Labute approximate surface area is 127 Å². The molecule has 2 unspecified atom stereocenters. The van der Waals surface area contributed by atoms with Crippen molar-refractivity contribution in [1.82, 2.24) is 4.90 Å². The smallest absolute Gasteiger partial charge is 0.233 e. The van der Waals surface area contributed by atoms with Crippen LogP contribution in [-0.4, -0.2) is 21.7 Å². The Bertz CT molecular complexity index is 662. The van der Waals surface area contributed by atoms with E-state index in [0.717, 1.165) is 0 Å². The zero-order valence-corrected chi connectivity index (χ0v) is 12.5. The molecular formula is C15H15FN2O2S. The SMILES string of the molecule is CC1(C)C2C(=O)N(Cc3ccc(F)cc3C(N)=S)C(=O)C21. The van der Waals surface area contributed by atoms with Crippen molar-refractivity contribution >= 4 is 29.0 Å². The van der Waals surface area contributed by atoms with Gasteiger partial charge in [0.1, 0.15) is 10.8 Å². The Morgan fingerprint density at radius 1 is 1.33 bits per heavy atom. The van der Waals surface area contributed by atoms with Crippen molar-refractivity contribution in [1.29, 1.82) is 0 Å². The Hall–Kier alpha value is -1.82. The minimum atomic E-state index is -0.454. The van der Waals surface area contributed by atoms with Gasteiger partial charge in [-0.3, -0.25) is 14.5 Å². The van der Waals surface area contributed by atoms with Crippen molar-refractivity contribution in [3.63, 3.8) is 0 Å². The Balaban J connectivity index is 1.88. The fourth-order valence-corrected chi connectivity index (χ4v) is 3.44. The first-order valence-electron chi connectivity index (χ1n) is 6.68. The summed E-state index contributed by atoms with van der Waals surface area (Å²) in [6.07, 6.45) is 0. The summed E-state index contributed by atoms with van der Waals surface area (Å²) in [5, 5.41) is 0. The summed E-state index contributed by atoms with van der Waals surface area (Å²) in [4.78, 5) is 25.9. The predicted octanol–water partition coefficient (Wildman–Crippen LogP) is 1.60. The first kappa shape index (κ1) is 14.1. The normalized spacial score (nSPS) is 26.0. The van der Waals surface area contributed by atoms with Crippen LogP contribution in [0.5, 0.6) is 0 Å². The van der Waals surface area contributed by atoms with Crippen LogP contribution in [0.15, 0.2) is 18.2 Å². The van der Waals surface area contributed by atoms with Crippen molar-refractivity contribution in [2.75, 3.05) is 0 Å². The zero-order valence-electron chi connectivity index (χ0n) is 11.7. The second-order valence-electron chi connectivity index (χ2n) is 6.21. The molecule has 1 aromatic rings. The van der Waals surface area contributed by atoms with Crippen molar-refractivity contribution in [3.8, 4) is 0 Å². The first-order chi connectivity index (χ1) is 9.75. The topological polar surface area (TPSA) is 63.4 Å². The Kier molecular flexibility index (Phi) is 2.92. The molecule has 0 bridgehead atoms. The molecule has 4 nitrogen and oxygen atoms in total. The number of halogens is 1. The Morgan fingerprint density at radius 2 is 1.90 bits per heavy atom. The Morgan fingerprint density at radius 3 is 2.43 bits per heavy atom. The first-order valence-corrected chi connectivity index (χ1v) is 7.09. The lowest BCUT2D eigenvalue weighted by molar-refractivity contribution is -0.143. The second kappa shape index (κ2) is 4.34. The molecule has 1 aliphatic heterocycles. The predicted molar refractivity (Wildman–Crippen MR) is 78.6 cm³/mol. The van der Waals surface area contributed by atoms with Gasteiger partial charge in [-0.25, -0.2) is 4.39 Å². The highest BCUT2D eigenvalue weighted by atomic mass is 32.1. The van der Waals surface area contributed by atoms with E-state index < -0.39 is 5.82 Å². The summed E-state index contributed by atoms with van der Waals surface area (Å²) in [5.74, 6) is -1.22. The monoisotopic (exact) mass is 306 g/mol. The average molecular weight is 306 g/mol. The molecule has 0 spiro atoms. The number of amides is 2. The molecule has 6 heteroatoms. The van der Waals surface area contributed by atoms with E-state index in [-0.39, 0.29) is 40.6 Å². The lowest BCUT2D eigenvalue weighted by atomic mass is 10.0. The number of imide groups is 1. The summed E-state index contributed by atoms with van der Waals surface area (Å²) < 4.78 is 13.3. The lowest BCUT2D eigenvalue weighted by Crippen LogP contribution is -2.36. The number of thiocarbonyl (C=S) groups is 1. The molecule has 2 N–H and O–H groups in total. The molecule has 110 valence electrons. The number of benzene rings is 1. The molecule has 2 aliphatic rings. The van der Waals surface area contributed by atoms with E-state index >= 15 is 0 Å². The van der Waals surface area contributed by atoms with Crippen molar-refractivity contribution in [2.24, 2.45) is 23.0 Å². The number of rotatable bonds is 3. The van der Waals surface area contributed by atoms with Crippen LogP contribution in [0.3, 0.4) is 0 Å². The maximum Gasteiger partial charge on any atom is 0.233 e. The van der Waals surface area contributed by atoms with Gasteiger partial charge in [0, 0.05) is 5.56 Å². The number of hydrogen-bond acceptors (Lipinski definition) is 3. The van der Waals surface area contributed by atoms with Crippen molar-refractivity contribution < 1.29 is 14.0 Å². The third-order valence-electron chi connectivity index (χ3n) is 4.56. The molecule has 1 saturated carbocycles. The molecule has 2 amide bonds. The van der Waals surface area contributed by atoms with Gasteiger partial charge in [0.25, 0.3) is 0 Å². The molecule has 0 radical (unpaired) electrons. The largest absolute Gasteiger partial charge is 0.389 e. The molecule has 0 aromatic heterocycles. The van der Waals surface area contributed by atoms with Crippen LogP contribution in [0, 0.1) is 23.1 Å². The van der Waals surface area contributed by atoms with E-state index in [0.29, 0.717) is 11.1 Å². The van der Waals surface area contributed by atoms with E-state index in [1.807, 2.05) is 13.8 Å². The van der Waals surface area contributed by atoms with Crippen molar-refractivity contribution in [2.45, 2.75) is 20.4 Å². The highest BCUT2D eigenvalue weighted by Gasteiger charge is 2.72. The van der Waals surface area contributed by atoms with Crippen LogP contribution >= 0.6 is 12.2 Å². The average Bonchev–Trinajstić information content (AvgIpc) is 2.87. The molecule has 1 heterocycles. The van der Waals surface area contributed by atoms with Crippen LogP contribution in [0.25, 0.3) is 0 Å². The minimum absolute atomic E-state index is 0.0501. The fourth-order valence-electron chi connectivity index (χ4n) is 3.25. The number of piperidine rings is 1. The summed E-state index contributed by atoms with van der Waals surface area (Å²) in [7, 11) is 0. The molecule has 1 saturated heterocycles. The second-order valence-corrected chi connectivity index (χ2v) is 6.64. The van der Waals surface area contributed by atoms with Gasteiger partial charge in [0.15, 0.2) is 0 Å². The fraction of sp³-hybridized carbons (Fsp3) is 0.400. The molecule has 2 atom stereocenters. The number of likely N-dealkylation sites (tertiary alicyclic amines) is 1. The van der Waals surface area contributed by atoms with Gasteiger partial charge in [-0.05, 0) is 23.1 Å². The summed E-state index contributed by atoms with van der Waals surface area (Å²) >= 11 is 4.90. The van der Waals surface area contributed by atoms with E-state index in [1.165, 1.54) is 23.1 Å². The molecule has 1 aliphatic carbocycles. The zero-order chi connectivity index (χ0) is 15.5. The lowest BCUT2D eigenvalue weighted by Gasteiger charge is -2.21. The number of nitrogens with zero attached hydrogens (tertiary/aromatic N) is 1. The van der Waals surface area contributed by atoms with Gasteiger partial charge in [-0.1, -0.05) is 32.1 Å². The van der Waals surface area contributed by atoms with Crippen LogP contribution in [0.2, 0.25) is 0 Å². The van der Waals surface area contributed by atoms with E-state index in [9.17, 15) is 14.0 Å². The van der Waals surface area contributed by atoms with Gasteiger partial charge in [0.05, 0.1) is 18.4 Å². The number of nitrogens with two attached hydrogens (primary N) is 1. The maximum absolute atomic E-state index is 13.3. The number of carbonyl (C=O) groups excluding carboxylic acids is 2. The minimum Gasteiger partial charge on any atom is -0.389 e.